The quantitative estimate of drug-likeness (QED) is 0.668. The van der Waals surface area contributed by atoms with Crippen LogP contribution in [0.3, 0.4) is 0 Å². The molecule has 1 aromatic carbocycles. The minimum absolute atomic E-state index is 0.109. The van der Waals surface area contributed by atoms with Gasteiger partial charge < -0.3 is 11.1 Å². The van der Waals surface area contributed by atoms with E-state index in [-0.39, 0.29) is 10.6 Å². The first-order valence-electron chi connectivity index (χ1n) is 5.99. The Morgan fingerprint density at radius 3 is 2.63 bits per heavy atom. The Morgan fingerprint density at radius 1 is 1.42 bits per heavy atom. The van der Waals surface area contributed by atoms with Crippen LogP contribution in [0.15, 0.2) is 23.1 Å². The second-order valence-electron chi connectivity index (χ2n) is 4.29. The molecule has 1 atom stereocenters. The summed E-state index contributed by atoms with van der Waals surface area (Å²) in [5.74, 6) is 1.08. The van der Waals surface area contributed by atoms with E-state index in [1.165, 1.54) is 13.1 Å². The summed E-state index contributed by atoms with van der Waals surface area (Å²) in [6, 6.07) is 5.22. The number of nitrogen functional groups attached to an aromatic ring is 1. The van der Waals surface area contributed by atoms with Crippen molar-refractivity contribution in [3.63, 3.8) is 0 Å². The molecule has 4 N–H and O–H groups in total. The monoisotopic (exact) mass is 303 g/mol. The fourth-order valence-corrected chi connectivity index (χ4v) is 3.07. The first-order chi connectivity index (χ1) is 8.90. The van der Waals surface area contributed by atoms with Crippen LogP contribution in [0.5, 0.6) is 0 Å². The van der Waals surface area contributed by atoms with Gasteiger partial charge in [-0.1, -0.05) is 0 Å². The number of hydrogen-bond donors (Lipinski definition) is 3. The maximum atomic E-state index is 11.7. The molecule has 0 bridgehead atoms. The van der Waals surface area contributed by atoms with Gasteiger partial charge in [0, 0.05) is 11.7 Å². The second kappa shape index (κ2) is 7.02. The SMILES string of the molecule is CNS(=O)(=O)c1ccc(NC(C)CCSC)cc1N. The summed E-state index contributed by atoms with van der Waals surface area (Å²) in [6.45, 7) is 2.09. The normalized spacial score (nSPS) is 13.2. The third-order valence-corrected chi connectivity index (χ3v) is 4.87. The lowest BCUT2D eigenvalue weighted by Crippen LogP contribution is -2.20. The van der Waals surface area contributed by atoms with Crippen molar-refractivity contribution in [3.05, 3.63) is 18.2 Å². The largest absolute Gasteiger partial charge is 0.398 e. The topological polar surface area (TPSA) is 84.2 Å². The number of nitrogens with two attached hydrogens (primary N) is 1. The summed E-state index contributed by atoms with van der Waals surface area (Å²) in [4.78, 5) is 0.109. The Morgan fingerprint density at radius 2 is 2.11 bits per heavy atom. The van der Waals surface area contributed by atoms with Gasteiger partial charge >= 0.3 is 0 Å². The lowest BCUT2D eigenvalue weighted by Gasteiger charge is -2.16. The van der Waals surface area contributed by atoms with Gasteiger partial charge in [0.1, 0.15) is 4.90 Å². The second-order valence-corrected chi connectivity index (χ2v) is 7.13. The average Bonchev–Trinajstić information content (AvgIpc) is 2.36. The highest BCUT2D eigenvalue weighted by Crippen LogP contribution is 2.23. The van der Waals surface area contributed by atoms with Gasteiger partial charge in [-0.2, -0.15) is 11.8 Å². The van der Waals surface area contributed by atoms with Crippen LogP contribution in [-0.2, 0) is 10.0 Å². The van der Waals surface area contributed by atoms with E-state index in [1.54, 1.807) is 23.9 Å². The van der Waals surface area contributed by atoms with Gasteiger partial charge in [0.05, 0.1) is 5.69 Å². The molecule has 0 heterocycles. The van der Waals surface area contributed by atoms with Crippen molar-refractivity contribution in [3.8, 4) is 0 Å². The zero-order chi connectivity index (χ0) is 14.5. The minimum Gasteiger partial charge on any atom is -0.398 e. The van der Waals surface area contributed by atoms with Crippen molar-refractivity contribution < 1.29 is 8.42 Å². The van der Waals surface area contributed by atoms with E-state index in [0.717, 1.165) is 17.9 Å². The van der Waals surface area contributed by atoms with Crippen LogP contribution in [-0.4, -0.2) is 33.5 Å². The predicted molar refractivity (Wildman–Crippen MR) is 83.2 cm³/mol. The van der Waals surface area contributed by atoms with Crippen molar-refractivity contribution in [2.45, 2.75) is 24.3 Å². The predicted octanol–water partition coefficient (Wildman–Crippen LogP) is 1.73. The molecular formula is C12H21N3O2S2. The van der Waals surface area contributed by atoms with E-state index in [1.807, 2.05) is 0 Å². The fourth-order valence-electron chi connectivity index (χ4n) is 1.64. The molecule has 0 saturated carbocycles. The molecule has 0 aliphatic rings. The van der Waals surface area contributed by atoms with E-state index in [0.29, 0.717) is 6.04 Å². The highest BCUT2D eigenvalue weighted by Gasteiger charge is 2.15. The molecule has 5 nitrogen and oxygen atoms in total. The van der Waals surface area contributed by atoms with Gasteiger partial charge in [0.2, 0.25) is 10.0 Å². The average molecular weight is 303 g/mol. The molecule has 108 valence electrons. The number of sulfonamides is 1. The van der Waals surface area contributed by atoms with Crippen LogP contribution in [0.25, 0.3) is 0 Å². The number of anilines is 2. The van der Waals surface area contributed by atoms with Crippen LogP contribution in [0.1, 0.15) is 13.3 Å². The molecular weight excluding hydrogens is 282 g/mol. The van der Waals surface area contributed by atoms with Gasteiger partial charge in [0.15, 0.2) is 0 Å². The van der Waals surface area contributed by atoms with Gasteiger partial charge in [0.25, 0.3) is 0 Å². The van der Waals surface area contributed by atoms with E-state index in [9.17, 15) is 8.42 Å². The number of rotatable bonds is 7. The van der Waals surface area contributed by atoms with Crippen molar-refractivity contribution in [2.24, 2.45) is 0 Å². The standard InChI is InChI=1S/C12H21N3O2S2/c1-9(6-7-18-3)15-10-4-5-12(11(13)8-10)19(16,17)14-2/h4-5,8-9,14-15H,6-7,13H2,1-3H3. The molecule has 0 radical (unpaired) electrons. The Kier molecular flexibility index (Phi) is 5.96. The van der Waals surface area contributed by atoms with Gasteiger partial charge in [-0.25, -0.2) is 13.1 Å². The number of nitrogens with one attached hydrogen (secondary N) is 2. The maximum Gasteiger partial charge on any atom is 0.242 e. The van der Waals surface area contributed by atoms with E-state index in [2.05, 4.69) is 23.2 Å². The van der Waals surface area contributed by atoms with Crippen molar-refractivity contribution in [1.29, 1.82) is 0 Å². The summed E-state index contributed by atoms with van der Waals surface area (Å²) in [5.41, 5.74) is 6.88. The molecule has 1 aromatic rings. The van der Waals surface area contributed by atoms with E-state index in [4.69, 9.17) is 5.73 Å². The fraction of sp³-hybridized carbons (Fsp3) is 0.500. The van der Waals surface area contributed by atoms with E-state index >= 15 is 0 Å². The molecule has 1 unspecified atom stereocenters. The third-order valence-electron chi connectivity index (χ3n) is 2.74. The van der Waals surface area contributed by atoms with E-state index < -0.39 is 10.0 Å². The molecule has 0 aliphatic carbocycles. The van der Waals surface area contributed by atoms with Crippen LogP contribution in [0.4, 0.5) is 11.4 Å². The van der Waals surface area contributed by atoms with Crippen LogP contribution in [0, 0.1) is 0 Å². The van der Waals surface area contributed by atoms with Crippen molar-refractivity contribution in [1.82, 2.24) is 4.72 Å². The molecule has 1 rings (SSSR count). The molecule has 19 heavy (non-hydrogen) atoms. The first kappa shape index (κ1) is 16.1. The zero-order valence-electron chi connectivity index (χ0n) is 11.4. The Hall–Kier alpha value is -0.920. The molecule has 0 aliphatic heterocycles. The summed E-state index contributed by atoms with van der Waals surface area (Å²) in [6.07, 6.45) is 3.11. The Labute approximate surface area is 119 Å². The number of benzene rings is 1. The van der Waals surface area contributed by atoms with Crippen molar-refractivity contribution >= 4 is 33.2 Å². The first-order valence-corrected chi connectivity index (χ1v) is 8.87. The summed E-state index contributed by atoms with van der Waals surface area (Å²) >= 11 is 1.80. The lowest BCUT2D eigenvalue weighted by molar-refractivity contribution is 0.588. The summed E-state index contributed by atoms with van der Waals surface area (Å²) in [5, 5.41) is 3.31. The number of hydrogen-bond acceptors (Lipinski definition) is 5. The number of thioether (sulfide) groups is 1. The highest BCUT2D eigenvalue weighted by atomic mass is 32.2. The van der Waals surface area contributed by atoms with Crippen LogP contribution < -0.4 is 15.8 Å². The molecule has 0 fully saturated rings. The summed E-state index contributed by atoms with van der Waals surface area (Å²) in [7, 11) is -2.13. The third kappa shape index (κ3) is 4.59. The molecule has 0 spiro atoms. The molecule has 0 saturated heterocycles. The zero-order valence-corrected chi connectivity index (χ0v) is 13.1. The van der Waals surface area contributed by atoms with Crippen LogP contribution >= 0.6 is 11.8 Å². The van der Waals surface area contributed by atoms with Gasteiger partial charge in [-0.3, -0.25) is 0 Å². The Balaban J connectivity index is 2.83. The minimum atomic E-state index is -3.49. The lowest BCUT2D eigenvalue weighted by atomic mass is 10.2. The van der Waals surface area contributed by atoms with Gasteiger partial charge in [-0.05, 0) is 50.6 Å². The van der Waals surface area contributed by atoms with Crippen molar-refractivity contribution in [2.75, 3.05) is 30.1 Å². The molecule has 0 amide bonds. The maximum absolute atomic E-state index is 11.7. The molecule has 0 aromatic heterocycles. The smallest absolute Gasteiger partial charge is 0.242 e. The Bertz CT molecular complexity index is 518. The summed E-state index contributed by atoms with van der Waals surface area (Å²) < 4.78 is 25.6. The van der Waals surface area contributed by atoms with Gasteiger partial charge in [-0.15, -0.1) is 0 Å². The highest BCUT2D eigenvalue weighted by molar-refractivity contribution is 7.98. The van der Waals surface area contributed by atoms with Crippen LogP contribution in [0.2, 0.25) is 0 Å². The molecule has 7 heteroatoms.